The first-order valence-electron chi connectivity index (χ1n) is 8.86. The molecule has 1 atom stereocenters. The number of carbonyl (C=O) groups is 1. The smallest absolute Gasteiger partial charge is 0.312 e. The Labute approximate surface area is 122 Å². The van der Waals surface area contributed by atoms with E-state index in [2.05, 4.69) is 6.92 Å². The van der Waals surface area contributed by atoms with Gasteiger partial charge < -0.3 is 4.74 Å². The van der Waals surface area contributed by atoms with E-state index in [1.807, 2.05) is 0 Å². The monoisotopic (exact) mass is 276 g/mol. The van der Waals surface area contributed by atoms with Crippen LogP contribution in [0, 0.1) is 29.1 Å². The zero-order valence-corrected chi connectivity index (χ0v) is 12.8. The van der Waals surface area contributed by atoms with Gasteiger partial charge in [-0.3, -0.25) is 4.79 Å². The maximum atomic E-state index is 12.8. The maximum Gasteiger partial charge on any atom is 0.312 e. The highest BCUT2D eigenvalue weighted by Crippen LogP contribution is 2.60. The number of hydrogen-bond acceptors (Lipinski definition) is 2. The molecule has 112 valence electrons. The van der Waals surface area contributed by atoms with Crippen molar-refractivity contribution in [3.63, 3.8) is 0 Å². The fraction of sp³-hybridized carbons (Fsp3) is 0.944. The predicted molar refractivity (Wildman–Crippen MR) is 78.1 cm³/mol. The minimum Gasteiger partial charge on any atom is -0.462 e. The predicted octanol–water partition coefficient (Wildman–Crippen LogP) is 4.32. The van der Waals surface area contributed by atoms with Gasteiger partial charge in [0.2, 0.25) is 0 Å². The van der Waals surface area contributed by atoms with Crippen LogP contribution in [0.3, 0.4) is 0 Å². The highest BCUT2D eigenvalue weighted by molar-refractivity contribution is 5.77. The van der Waals surface area contributed by atoms with Crippen LogP contribution in [-0.4, -0.2) is 12.1 Å². The van der Waals surface area contributed by atoms with Gasteiger partial charge in [-0.2, -0.15) is 0 Å². The summed E-state index contributed by atoms with van der Waals surface area (Å²) in [5.74, 6) is 3.30. The normalized spacial score (nSPS) is 44.8. The van der Waals surface area contributed by atoms with Crippen molar-refractivity contribution in [1.82, 2.24) is 0 Å². The molecule has 5 saturated carbocycles. The van der Waals surface area contributed by atoms with E-state index in [1.54, 1.807) is 0 Å². The number of hydrogen-bond donors (Lipinski definition) is 0. The molecule has 0 N–H and O–H groups in total. The van der Waals surface area contributed by atoms with E-state index in [0.29, 0.717) is 5.92 Å². The summed E-state index contributed by atoms with van der Waals surface area (Å²) in [4.78, 5) is 12.8. The lowest BCUT2D eigenvalue weighted by Crippen LogP contribution is -2.51. The molecule has 1 unspecified atom stereocenters. The van der Waals surface area contributed by atoms with Crippen molar-refractivity contribution < 1.29 is 9.53 Å². The summed E-state index contributed by atoms with van der Waals surface area (Å²) in [7, 11) is 0. The summed E-state index contributed by atoms with van der Waals surface area (Å²) >= 11 is 0. The fourth-order valence-electron chi connectivity index (χ4n) is 6.18. The van der Waals surface area contributed by atoms with E-state index in [0.717, 1.165) is 37.0 Å². The van der Waals surface area contributed by atoms with Gasteiger partial charge in [0.1, 0.15) is 6.10 Å². The molecule has 20 heavy (non-hydrogen) atoms. The van der Waals surface area contributed by atoms with Gasteiger partial charge >= 0.3 is 5.97 Å². The Morgan fingerprint density at radius 1 is 1.00 bits per heavy atom. The Balaban J connectivity index is 1.45. The maximum absolute atomic E-state index is 12.8. The van der Waals surface area contributed by atoms with Crippen molar-refractivity contribution in [1.29, 1.82) is 0 Å². The van der Waals surface area contributed by atoms with E-state index in [-0.39, 0.29) is 17.5 Å². The van der Waals surface area contributed by atoms with E-state index in [4.69, 9.17) is 4.74 Å². The van der Waals surface area contributed by atoms with E-state index in [9.17, 15) is 4.79 Å². The van der Waals surface area contributed by atoms with Crippen molar-refractivity contribution in [3.05, 3.63) is 0 Å². The van der Waals surface area contributed by atoms with Crippen LogP contribution in [0.15, 0.2) is 0 Å². The van der Waals surface area contributed by atoms with Gasteiger partial charge in [-0.25, -0.2) is 0 Å². The third kappa shape index (κ3) is 2.10. The molecule has 2 heteroatoms. The van der Waals surface area contributed by atoms with Gasteiger partial charge in [0.15, 0.2) is 0 Å². The van der Waals surface area contributed by atoms with Crippen molar-refractivity contribution in [2.45, 2.75) is 77.2 Å². The lowest BCUT2D eigenvalue weighted by Gasteiger charge is -2.55. The van der Waals surface area contributed by atoms with Crippen LogP contribution < -0.4 is 0 Å². The third-order valence-corrected chi connectivity index (χ3v) is 6.83. The Hall–Kier alpha value is -0.530. The topological polar surface area (TPSA) is 26.3 Å². The van der Waals surface area contributed by atoms with Crippen molar-refractivity contribution in [3.8, 4) is 0 Å². The molecule has 0 amide bonds. The summed E-state index contributed by atoms with van der Waals surface area (Å²) in [6.07, 6.45) is 12.9. The van der Waals surface area contributed by atoms with Gasteiger partial charge in [0, 0.05) is 0 Å². The van der Waals surface area contributed by atoms with Gasteiger partial charge in [0.25, 0.3) is 0 Å². The highest BCUT2D eigenvalue weighted by atomic mass is 16.5. The molecule has 5 rings (SSSR count). The Bertz CT molecular complexity index is 359. The molecule has 5 aliphatic carbocycles. The van der Waals surface area contributed by atoms with E-state index in [1.165, 1.54) is 44.9 Å². The first-order valence-corrected chi connectivity index (χ1v) is 8.86. The summed E-state index contributed by atoms with van der Waals surface area (Å²) in [6.45, 7) is 2.13. The Morgan fingerprint density at radius 2 is 1.50 bits per heavy atom. The second kappa shape index (κ2) is 4.74. The highest BCUT2D eigenvalue weighted by Gasteiger charge is 2.55. The van der Waals surface area contributed by atoms with E-state index < -0.39 is 0 Å². The summed E-state index contributed by atoms with van der Waals surface area (Å²) in [6, 6.07) is 0. The molecule has 0 radical (unpaired) electrons. The lowest BCUT2D eigenvalue weighted by molar-refractivity contribution is -0.178. The first-order chi connectivity index (χ1) is 9.64. The van der Waals surface area contributed by atoms with Gasteiger partial charge in [-0.1, -0.05) is 12.8 Å². The van der Waals surface area contributed by atoms with Crippen molar-refractivity contribution >= 4 is 5.97 Å². The van der Waals surface area contributed by atoms with Gasteiger partial charge in [0.05, 0.1) is 5.41 Å². The zero-order valence-electron chi connectivity index (χ0n) is 12.8. The second-order valence-electron chi connectivity index (χ2n) is 8.35. The quantitative estimate of drug-likeness (QED) is 0.717. The molecule has 2 nitrogen and oxygen atoms in total. The molecule has 0 aromatic carbocycles. The Kier molecular flexibility index (Phi) is 3.12. The minimum atomic E-state index is -0.0678. The molecular weight excluding hydrogens is 248 g/mol. The Morgan fingerprint density at radius 3 is 2.00 bits per heavy atom. The standard InChI is InChI=1S/C18H28O2/c1-12(16-4-2-3-5-16)20-17(19)18-9-13-6-14(10-18)8-15(7-13)11-18/h12-16H,2-11H2,1H3. The molecule has 0 saturated heterocycles. The van der Waals surface area contributed by atoms with Gasteiger partial charge in [-0.05, 0) is 82.0 Å². The summed E-state index contributed by atoms with van der Waals surface area (Å²) in [5, 5.41) is 0. The molecular formula is C18H28O2. The van der Waals surface area contributed by atoms with Crippen LogP contribution in [0.4, 0.5) is 0 Å². The SMILES string of the molecule is CC(OC(=O)C12CC3CC(CC(C3)C1)C2)C1CCCC1. The fourth-order valence-corrected chi connectivity index (χ4v) is 6.18. The van der Waals surface area contributed by atoms with E-state index >= 15 is 0 Å². The van der Waals surface area contributed by atoms with Crippen molar-refractivity contribution in [2.24, 2.45) is 29.1 Å². The summed E-state index contributed by atoms with van der Waals surface area (Å²) < 4.78 is 5.98. The van der Waals surface area contributed by atoms with Crippen molar-refractivity contribution in [2.75, 3.05) is 0 Å². The average molecular weight is 276 g/mol. The number of carbonyl (C=O) groups excluding carboxylic acids is 1. The average Bonchev–Trinajstić information content (AvgIpc) is 2.90. The second-order valence-corrected chi connectivity index (χ2v) is 8.35. The largest absolute Gasteiger partial charge is 0.462 e. The number of ether oxygens (including phenoxy) is 1. The summed E-state index contributed by atoms with van der Waals surface area (Å²) in [5.41, 5.74) is -0.0678. The zero-order chi connectivity index (χ0) is 13.7. The van der Waals surface area contributed by atoms with Crippen LogP contribution in [0.1, 0.15) is 71.1 Å². The first kappa shape index (κ1) is 13.2. The van der Waals surface area contributed by atoms with Crippen LogP contribution in [0.2, 0.25) is 0 Å². The third-order valence-electron chi connectivity index (χ3n) is 6.83. The molecule has 0 aromatic rings. The number of rotatable bonds is 3. The molecule has 4 bridgehead atoms. The van der Waals surface area contributed by atoms with Gasteiger partial charge in [-0.15, -0.1) is 0 Å². The number of esters is 1. The van der Waals surface area contributed by atoms with Crippen LogP contribution in [0.25, 0.3) is 0 Å². The lowest BCUT2D eigenvalue weighted by atomic mass is 9.49. The van der Waals surface area contributed by atoms with Crippen LogP contribution in [0.5, 0.6) is 0 Å². The molecule has 0 spiro atoms. The molecule has 5 aliphatic rings. The van der Waals surface area contributed by atoms with Crippen LogP contribution in [-0.2, 0) is 9.53 Å². The molecule has 0 heterocycles. The van der Waals surface area contributed by atoms with Crippen LogP contribution >= 0.6 is 0 Å². The molecule has 0 aromatic heterocycles. The molecule has 5 fully saturated rings. The molecule has 0 aliphatic heterocycles. The minimum absolute atomic E-state index is 0.0678.